The van der Waals surface area contributed by atoms with Crippen LogP contribution in [0.25, 0.3) is 0 Å². The highest BCUT2D eigenvalue weighted by Gasteiger charge is 2.27. The molecule has 0 heterocycles. The molecule has 2 rings (SSSR count). The van der Waals surface area contributed by atoms with Crippen molar-refractivity contribution in [1.82, 2.24) is 26.6 Å². The molecule has 2 aromatic rings. The second-order valence-corrected chi connectivity index (χ2v) is 11.2. The van der Waals surface area contributed by atoms with E-state index in [-0.39, 0.29) is 19.3 Å². The molecular weight excluding hydrogens is 618 g/mol. The molecule has 5 amide bonds. The third kappa shape index (κ3) is 14.2. The van der Waals surface area contributed by atoms with Gasteiger partial charge in [0.25, 0.3) is 0 Å². The maximum absolute atomic E-state index is 13.0. The quantitative estimate of drug-likeness (QED) is 0.0930. The average molecular weight is 658 g/mol. The first-order valence-electron chi connectivity index (χ1n) is 14.3. The lowest BCUT2D eigenvalue weighted by Gasteiger charge is -2.22. The van der Waals surface area contributed by atoms with Crippen LogP contribution in [0.3, 0.4) is 0 Å². The van der Waals surface area contributed by atoms with E-state index in [0.717, 1.165) is 5.56 Å². The van der Waals surface area contributed by atoms with E-state index in [2.05, 4.69) is 26.6 Å². The van der Waals surface area contributed by atoms with Gasteiger partial charge in [-0.05, 0) is 41.7 Å². The maximum atomic E-state index is 13.0. The Bertz CT molecular complexity index is 1370. The van der Waals surface area contributed by atoms with Gasteiger partial charge in [-0.2, -0.15) is 11.8 Å². The van der Waals surface area contributed by atoms with Gasteiger partial charge in [-0.3, -0.25) is 28.8 Å². The number of amides is 5. The highest BCUT2D eigenvalue weighted by molar-refractivity contribution is 7.98. The molecule has 248 valence electrons. The number of carboxylic acids is 1. The lowest BCUT2D eigenvalue weighted by Crippen LogP contribution is -2.54. The van der Waals surface area contributed by atoms with Crippen LogP contribution in [0.1, 0.15) is 31.4 Å². The molecule has 0 saturated carbocycles. The Morgan fingerprint density at radius 3 is 1.87 bits per heavy atom. The minimum absolute atomic E-state index is 0.0777. The summed E-state index contributed by atoms with van der Waals surface area (Å²) in [4.78, 5) is 85.4. The van der Waals surface area contributed by atoms with Crippen LogP contribution in [-0.2, 0) is 46.4 Å². The highest BCUT2D eigenvalue weighted by atomic mass is 32.2. The number of carboxylic acid groups (broad SMARTS) is 1. The lowest BCUT2D eigenvalue weighted by molar-refractivity contribution is -0.142. The number of rotatable bonds is 18. The van der Waals surface area contributed by atoms with Crippen LogP contribution in [-0.4, -0.2) is 89.8 Å². The molecule has 3 atom stereocenters. The van der Waals surface area contributed by atoms with Gasteiger partial charge < -0.3 is 36.4 Å². The summed E-state index contributed by atoms with van der Waals surface area (Å²) in [5, 5.41) is 21.8. The first-order valence-corrected chi connectivity index (χ1v) is 15.7. The van der Waals surface area contributed by atoms with E-state index < -0.39 is 72.7 Å². The van der Waals surface area contributed by atoms with Gasteiger partial charge in [-0.1, -0.05) is 42.5 Å². The van der Waals surface area contributed by atoms with Crippen molar-refractivity contribution >= 4 is 53.2 Å². The zero-order valence-electron chi connectivity index (χ0n) is 25.8. The van der Waals surface area contributed by atoms with Crippen LogP contribution in [0.2, 0.25) is 0 Å². The van der Waals surface area contributed by atoms with Crippen LogP contribution in [0.15, 0.2) is 54.6 Å². The Balaban J connectivity index is 1.95. The Morgan fingerprint density at radius 1 is 0.717 bits per heavy atom. The summed E-state index contributed by atoms with van der Waals surface area (Å²) in [5.41, 5.74) is 1.37. The van der Waals surface area contributed by atoms with Crippen molar-refractivity contribution in [3.05, 3.63) is 65.7 Å². The van der Waals surface area contributed by atoms with Crippen molar-refractivity contribution < 1.29 is 43.4 Å². The molecule has 0 aliphatic heterocycles. The van der Waals surface area contributed by atoms with Crippen LogP contribution >= 0.6 is 11.8 Å². The molecular formula is C31H39N5O9S. The molecule has 0 saturated heterocycles. The summed E-state index contributed by atoms with van der Waals surface area (Å²) < 4.78 is 4.98. The fraction of sp³-hybridized carbons (Fsp3) is 0.387. The molecule has 15 heteroatoms. The number of carbonyl (C=O) groups excluding carboxylic acids is 6. The van der Waals surface area contributed by atoms with Crippen LogP contribution in [0.5, 0.6) is 5.75 Å². The first-order chi connectivity index (χ1) is 21.9. The Kier molecular flexibility index (Phi) is 15.8. The number of aliphatic carboxylic acids is 1. The topological polar surface area (TPSA) is 209 Å². The fourth-order valence-corrected chi connectivity index (χ4v) is 4.62. The van der Waals surface area contributed by atoms with Gasteiger partial charge in [0.15, 0.2) is 0 Å². The standard InChI is InChI=1S/C31H39N5O9S/c1-19(37)34-25(16-22-9-11-23(12-10-22)45-20(2)38)29(41)33-17-27(39)32-18-28(40)35-26(15-21-7-5-4-6-8-21)30(42)36-24(31(43)44)13-14-46-3/h4-12,24-26H,13-18H2,1-3H3,(H,32,39)(H,33,41)(H,34,37)(H,35,40)(H,36,42)(H,43,44)/t24-,25-,26-/m0/s1. The monoisotopic (exact) mass is 657 g/mol. The van der Waals surface area contributed by atoms with Gasteiger partial charge >= 0.3 is 11.9 Å². The van der Waals surface area contributed by atoms with Gasteiger partial charge in [-0.25, -0.2) is 4.79 Å². The van der Waals surface area contributed by atoms with Crippen LogP contribution < -0.4 is 31.3 Å². The van der Waals surface area contributed by atoms with E-state index in [1.54, 1.807) is 54.6 Å². The van der Waals surface area contributed by atoms with Gasteiger partial charge in [0.1, 0.15) is 23.9 Å². The predicted octanol–water partition coefficient (Wildman–Crippen LogP) is -0.0585. The summed E-state index contributed by atoms with van der Waals surface area (Å²) in [5.74, 6) is -4.07. The third-order valence-electron chi connectivity index (χ3n) is 6.35. The van der Waals surface area contributed by atoms with E-state index >= 15 is 0 Å². The maximum Gasteiger partial charge on any atom is 0.326 e. The van der Waals surface area contributed by atoms with Gasteiger partial charge in [0.05, 0.1) is 13.1 Å². The molecule has 0 bridgehead atoms. The van der Waals surface area contributed by atoms with Gasteiger partial charge in [0, 0.05) is 26.7 Å². The number of benzene rings is 2. The molecule has 46 heavy (non-hydrogen) atoms. The van der Waals surface area contributed by atoms with Crippen molar-refractivity contribution in [3.63, 3.8) is 0 Å². The van der Waals surface area contributed by atoms with E-state index in [1.807, 2.05) is 6.26 Å². The zero-order chi connectivity index (χ0) is 34.1. The summed E-state index contributed by atoms with van der Waals surface area (Å²) in [6, 6.07) is 11.9. The summed E-state index contributed by atoms with van der Waals surface area (Å²) in [6.07, 6.45) is 2.17. The van der Waals surface area contributed by atoms with Crippen LogP contribution in [0.4, 0.5) is 0 Å². The van der Waals surface area contributed by atoms with E-state index in [9.17, 15) is 38.7 Å². The number of nitrogens with one attached hydrogen (secondary N) is 5. The van der Waals surface area contributed by atoms with Crippen LogP contribution in [0, 0.1) is 0 Å². The van der Waals surface area contributed by atoms with Gasteiger partial charge in [-0.15, -0.1) is 0 Å². The molecule has 0 aromatic heterocycles. The largest absolute Gasteiger partial charge is 0.480 e. The molecule has 0 radical (unpaired) electrons. The molecule has 0 aliphatic rings. The molecule has 0 aliphatic carbocycles. The fourth-order valence-electron chi connectivity index (χ4n) is 4.15. The van der Waals surface area contributed by atoms with E-state index in [1.165, 1.54) is 25.6 Å². The normalized spacial score (nSPS) is 12.4. The Hall–Kier alpha value is -4.92. The van der Waals surface area contributed by atoms with E-state index in [0.29, 0.717) is 17.1 Å². The molecule has 14 nitrogen and oxygen atoms in total. The number of ether oxygens (including phenoxy) is 1. The minimum Gasteiger partial charge on any atom is -0.480 e. The van der Waals surface area contributed by atoms with Crippen molar-refractivity contribution in [2.24, 2.45) is 0 Å². The predicted molar refractivity (Wildman–Crippen MR) is 170 cm³/mol. The highest BCUT2D eigenvalue weighted by Crippen LogP contribution is 2.14. The number of hydrogen-bond acceptors (Lipinski definition) is 9. The summed E-state index contributed by atoms with van der Waals surface area (Å²) in [6.45, 7) is 1.48. The molecule has 0 fully saturated rings. The SMILES string of the molecule is CSCC[C@H](NC(=O)[C@H](Cc1ccccc1)NC(=O)CNC(=O)CNC(=O)[C@H](Cc1ccc(OC(C)=O)cc1)NC(C)=O)C(=O)O. The molecule has 0 unspecified atom stereocenters. The molecule has 0 spiro atoms. The summed E-state index contributed by atoms with van der Waals surface area (Å²) >= 11 is 1.43. The zero-order valence-corrected chi connectivity index (χ0v) is 26.6. The number of thioether (sulfide) groups is 1. The first kappa shape index (κ1) is 37.3. The van der Waals surface area contributed by atoms with Crippen molar-refractivity contribution in [1.29, 1.82) is 0 Å². The van der Waals surface area contributed by atoms with E-state index in [4.69, 9.17) is 4.74 Å². The molecule has 2 aromatic carbocycles. The van der Waals surface area contributed by atoms with Crippen molar-refractivity contribution in [2.75, 3.05) is 25.1 Å². The summed E-state index contributed by atoms with van der Waals surface area (Å²) in [7, 11) is 0. The van der Waals surface area contributed by atoms with Crippen molar-refractivity contribution in [2.45, 2.75) is 51.2 Å². The minimum atomic E-state index is -1.19. The Labute approximate surface area is 270 Å². The number of carbonyl (C=O) groups is 7. The third-order valence-corrected chi connectivity index (χ3v) is 6.99. The Morgan fingerprint density at radius 2 is 1.30 bits per heavy atom. The molecule has 6 N–H and O–H groups in total. The second kappa shape index (κ2) is 19.5. The second-order valence-electron chi connectivity index (χ2n) is 10.2. The average Bonchev–Trinajstić information content (AvgIpc) is 3.00. The van der Waals surface area contributed by atoms with Gasteiger partial charge in [0.2, 0.25) is 29.5 Å². The number of hydrogen-bond donors (Lipinski definition) is 6. The lowest BCUT2D eigenvalue weighted by atomic mass is 10.0. The smallest absolute Gasteiger partial charge is 0.326 e. The number of esters is 1. The van der Waals surface area contributed by atoms with Crippen molar-refractivity contribution in [3.8, 4) is 5.75 Å².